The summed E-state index contributed by atoms with van der Waals surface area (Å²) in [5, 5.41) is 3.43. The average molecular weight is 314 g/mol. The van der Waals surface area contributed by atoms with Crippen molar-refractivity contribution in [1.29, 1.82) is 0 Å². The van der Waals surface area contributed by atoms with E-state index in [2.05, 4.69) is 5.32 Å². The van der Waals surface area contributed by atoms with Crippen LogP contribution in [0.5, 0.6) is 11.5 Å². The van der Waals surface area contributed by atoms with Crippen molar-refractivity contribution >= 4 is 11.6 Å². The Hall–Kier alpha value is -1.72. The maximum absolute atomic E-state index is 14.4. The highest BCUT2D eigenvalue weighted by Crippen LogP contribution is 2.35. The van der Waals surface area contributed by atoms with E-state index < -0.39 is 11.9 Å². The summed E-state index contributed by atoms with van der Waals surface area (Å²) in [6.07, 6.45) is 0. The molecule has 114 valence electrons. The lowest BCUT2D eigenvalue weighted by Gasteiger charge is -2.18. The molecule has 0 radical (unpaired) electrons. The normalized spacial score (nSPS) is 12.2. The molecule has 2 rings (SSSR count). The zero-order chi connectivity index (χ0) is 15.4. The van der Waals surface area contributed by atoms with Gasteiger partial charge in [0.1, 0.15) is 11.6 Å². The Bertz CT molecular complexity index is 615. The van der Waals surface area contributed by atoms with Crippen molar-refractivity contribution in [3.8, 4) is 11.5 Å². The van der Waals surface area contributed by atoms with Crippen LogP contribution in [0.25, 0.3) is 0 Å². The number of rotatable bonds is 6. The van der Waals surface area contributed by atoms with Crippen LogP contribution >= 0.6 is 11.6 Å². The van der Waals surface area contributed by atoms with E-state index in [1.165, 1.54) is 20.3 Å². The molecule has 4 nitrogen and oxygen atoms in total. The van der Waals surface area contributed by atoms with Crippen LogP contribution in [0.4, 0.5) is 4.39 Å². The van der Waals surface area contributed by atoms with Crippen LogP contribution in [-0.4, -0.2) is 20.8 Å². The third-order valence-electron chi connectivity index (χ3n) is 3.10. The number of ether oxygens (including phenoxy) is 2. The van der Waals surface area contributed by atoms with Gasteiger partial charge in [-0.25, -0.2) is 4.39 Å². The molecule has 0 saturated carbocycles. The van der Waals surface area contributed by atoms with Gasteiger partial charge in [0.25, 0.3) is 0 Å². The van der Waals surface area contributed by atoms with Crippen LogP contribution in [0, 0.1) is 5.82 Å². The van der Waals surface area contributed by atoms with Gasteiger partial charge in [-0.2, -0.15) is 0 Å². The van der Waals surface area contributed by atoms with E-state index in [9.17, 15) is 4.39 Å². The first-order valence-electron chi connectivity index (χ1n) is 6.50. The average Bonchev–Trinajstić information content (AvgIpc) is 2.91. The fraction of sp³-hybridized carbons (Fsp3) is 0.333. The lowest BCUT2D eigenvalue weighted by atomic mass is 10.0. The Kier molecular flexibility index (Phi) is 5.09. The zero-order valence-corrected chi connectivity index (χ0v) is 12.8. The van der Waals surface area contributed by atoms with Gasteiger partial charge in [0.15, 0.2) is 16.7 Å². The number of furan rings is 1. The molecule has 0 spiro atoms. The minimum Gasteiger partial charge on any atom is -0.493 e. The van der Waals surface area contributed by atoms with Crippen LogP contribution < -0.4 is 14.8 Å². The lowest BCUT2D eigenvalue weighted by Crippen LogP contribution is -2.22. The van der Waals surface area contributed by atoms with E-state index in [4.69, 9.17) is 25.5 Å². The first-order valence-corrected chi connectivity index (χ1v) is 6.88. The molecule has 0 fully saturated rings. The van der Waals surface area contributed by atoms with Crippen molar-refractivity contribution in [3.63, 3.8) is 0 Å². The van der Waals surface area contributed by atoms with Crippen molar-refractivity contribution in [2.24, 2.45) is 0 Å². The zero-order valence-electron chi connectivity index (χ0n) is 12.1. The van der Waals surface area contributed by atoms with Crippen LogP contribution in [0.3, 0.4) is 0 Å². The molecule has 1 unspecified atom stereocenters. The van der Waals surface area contributed by atoms with Gasteiger partial charge in [-0.1, -0.05) is 6.92 Å². The first kappa shape index (κ1) is 15.7. The Morgan fingerprint density at radius 2 is 1.90 bits per heavy atom. The number of methoxy groups -OCH3 is 2. The highest BCUT2D eigenvalue weighted by molar-refractivity contribution is 6.28. The predicted octanol–water partition coefficient (Wildman–Crippen LogP) is 3.79. The van der Waals surface area contributed by atoms with Crippen LogP contribution in [0.2, 0.25) is 5.22 Å². The Morgan fingerprint density at radius 1 is 1.24 bits per heavy atom. The van der Waals surface area contributed by atoms with Crippen molar-refractivity contribution in [1.82, 2.24) is 5.32 Å². The highest BCUT2D eigenvalue weighted by Gasteiger charge is 2.23. The SMILES string of the molecule is CCNC(c1ccc(Cl)o1)c1cc(OC)c(OC)cc1F. The molecule has 1 aromatic carbocycles. The second-order valence-electron chi connectivity index (χ2n) is 4.36. The van der Waals surface area contributed by atoms with Gasteiger partial charge in [0, 0.05) is 11.6 Å². The second kappa shape index (κ2) is 6.83. The van der Waals surface area contributed by atoms with Gasteiger partial charge in [0.05, 0.1) is 20.3 Å². The molecule has 0 amide bonds. The monoisotopic (exact) mass is 313 g/mol. The van der Waals surface area contributed by atoms with Crippen molar-refractivity contribution in [3.05, 3.63) is 46.6 Å². The van der Waals surface area contributed by atoms with Gasteiger partial charge < -0.3 is 19.2 Å². The van der Waals surface area contributed by atoms with Crippen LogP contribution in [0.15, 0.2) is 28.7 Å². The second-order valence-corrected chi connectivity index (χ2v) is 4.73. The number of benzene rings is 1. The van der Waals surface area contributed by atoms with E-state index in [1.807, 2.05) is 6.92 Å². The van der Waals surface area contributed by atoms with Crippen molar-refractivity contribution in [2.45, 2.75) is 13.0 Å². The maximum atomic E-state index is 14.4. The lowest BCUT2D eigenvalue weighted by molar-refractivity contribution is 0.350. The molecule has 0 saturated heterocycles. The summed E-state index contributed by atoms with van der Waals surface area (Å²) in [6.45, 7) is 2.56. The van der Waals surface area contributed by atoms with Gasteiger partial charge in [-0.05, 0) is 36.3 Å². The highest BCUT2D eigenvalue weighted by atomic mass is 35.5. The molecule has 2 aromatic rings. The van der Waals surface area contributed by atoms with Crippen LogP contribution in [0.1, 0.15) is 24.3 Å². The molecular formula is C15H17ClFNO3. The Labute approximate surface area is 127 Å². The van der Waals surface area contributed by atoms with Gasteiger partial charge in [-0.3, -0.25) is 0 Å². The number of hydrogen-bond acceptors (Lipinski definition) is 4. The van der Waals surface area contributed by atoms with E-state index in [-0.39, 0.29) is 5.22 Å². The fourth-order valence-electron chi connectivity index (χ4n) is 2.14. The minimum atomic E-state index is -0.456. The smallest absolute Gasteiger partial charge is 0.193 e. The quantitative estimate of drug-likeness (QED) is 0.881. The number of halogens is 2. The molecule has 6 heteroatoms. The molecule has 1 heterocycles. The van der Waals surface area contributed by atoms with Crippen LogP contribution in [-0.2, 0) is 0 Å². The van der Waals surface area contributed by atoms with Crippen molar-refractivity contribution in [2.75, 3.05) is 20.8 Å². The molecule has 1 aromatic heterocycles. The topological polar surface area (TPSA) is 43.6 Å². The maximum Gasteiger partial charge on any atom is 0.193 e. The summed E-state index contributed by atoms with van der Waals surface area (Å²) in [5.41, 5.74) is 0.403. The first-order chi connectivity index (χ1) is 10.1. The Morgan fingerprint density at radius 3 is 2.43 bits per heavy atom. The van der Waals surface area contributed by atoms with Gasteiger partial charge in [-0.15, -0.1) is 0 Å². The summed E-state index contributed by atoms with van der Waals surface area (Å²) >= 11 is 5.81. The summed E-state index contributed by atoms with van der Waals surface area (Å²) in [7, 11) is 2.97. The largest absolute Gasteiger partial charge is 0.493 e. The molecule has 1 atom stereocenters. The van der Waals surface area contributed by atoms with Gasteiger partial charge >= 0.3 is 0 Å². The molecule has 0 aliphatic heterocycles. The summed E-state index contributed by atoms with van der Waals surface area (Å²) in [6, 6.07) is 5.77. The number of hydrogen-bond donors (Lipinski definition) is 1. The number of nitrogens with one attached hydrogen (secondary N) is 1. The molecule has 21 heavy (non-hydrogen) atoms. The third kappa shape index (κ3) is 3.31. The minimum absolute atomic E-state index is 0.258. The van der Waals surface area contributed by atoms with E-state index >= 15 is 0 Å². The molecule has 0 bridgehead atoms. The molecule has 0 aliphatic rings. The molecule has 1 N–H and O–H groups in total. The standard InChI is InChI=1S/C15H17ClFNO3/c1-4-18-15(11-5-6-14(16)21-11)9-7-12(19-2)13(20-3)8-10(9)17/h5-8,15,18H,4H2,1-3H3. The molecular weight excluding hydrogens is 297 g/mol. The summed E-state index contributed by atoms with van der Waals surface area (Å²) in [4.78, 5) is 0. The van der Waals surface area contributed by atoms with Gasteiger partial charge in [0.2, 0.25) is 0 Å². The van der Waals surface area contributed by atoms with E-state index in [0.717, 1.165) is 0 Å². The van der Waals surface area contributed by atoms with E-state index in [1.54, 1.807) is 18.2 Å². The summed E-state index contributed by atoms with van der Waals surface area (Å²) in [5.74, 6) is 0.917. The summed E-state index contributed by atoms with van der Waals surface area (Å²) < 4.78 is 30.1. The Balaban J connectivity index is 2.49. The van der Waals surface area contributed by atoms with Crippen molar-refractivity contribution < 1.29 is 18.3 Å². The molecule has 0 aliphatic carbocycles. The van der Waals surface area contributed by atoms with E-state index in [0.29, 0.717) is 29.4 Å². The fourth-order valence-corrected chi connectivity index (χ4v) is 2.29. The predicted molar refractivity (Wildman–Crippen MR) is 78.7 cm³/mol. The third-order valence-corrected chi connectivity index (χ3v) is 3.30.